The Kier molecular flexibility index (Phi) is 3.41. The van der Waals surface area contributed by atoms with E-state index in [4.69, 9.17) is 5.26 Å². The topological polar surface area (TPSA) is 52.9 Å². The lowest BCUT2D eigenvalue weighted by atomic mass is 10.4. The molecule has 0 spiro atoms. The highest BCUT2D eigenvalue weighted by atomic mass is 32.1. The van der Waals surface area contributed by atoms with E-state index < -0.39 is 11.7 Å². The van der Waals surface area contributed by atoms with Gasteiger partial charge in [-0.1, -0.05) is 0 Å². The van der Waals surface area contributed by atoms with E-state index in [1.807, 2.05) is 6.07 Å². The first kappa shape index (κ1) is 9.68. The van der Waals surface area contributed by atoms with Gasteiger partial charge in [0.1, 0.15) is 10.7 Å². The van der Waals surface area contributed by atoms with Crippen LogP contribution in [-0.4, -0.2) is 12.5 Å². The molecule has 0 saturated carbocycles. The molecule has 0 fully saturated rings. The maximum absolute atomic E-state index is 12.8. The molecule has 13 heavy (non-hydrogen) atoms. The first-order chi connectivity index (χ1) is 6.25. The van der Waals surface area contributed by atoms with Crippen LogP contribution < -0.4 is 5.32 Å². The van der Waals surface area contributed by atoms with Crippen LogP contribution in [0, 0.1) is 17.1 Å². The lowest BCUT2D eigenvalue weighted by Gasteiger charge is -1.98. The molecule has 1 N–H and O–H groups in total. The Labute approximate surface area is 78.8 Å². The molecule has 0 unspecified atom stereocenters. The first-order valence-electron chi connectivity index (χ1n) is 3.64. The van der Waals surface area contributed by atoms with E-state index in [9.17, 15) is 9.18 Å². The smallest absolute Gasteiger partial charge is 0.264 e. The van der Waals surface area contributed by atoms with E-state index in [2.05, 4.69) is 5.32 Å². The number of rotatable bonds is 3. The van der Waals surface area contributed by atoms with Crippen LogP contribution in [0.1, 0.15) is 16.1 Å². The summed E-state index contributed by atoms with van der Waals surface area (Å²) < 4.78 is 12.8. The third-order valence-electron chi connectivity index (χ3n) is 1.35. The quantitative estimate of drug-likeness (QED) is 0.749. The number of nitriles is 1. The van der Waals surface area contributed by atoms with Crippen molar-refractivity contribution in [2.45, 2.75) is 6.42 Å². The Balaban J connectivity index is 2.50. The van der Waals surface area contributed by atoms with Gasteiger partial charge in [-0.25, -0.2) is 4.39 Å². The van der Waals surface area contributed by atoms with Crippen molar-refractivity contribution >= 4 is 17.2 Å². The Morgan fingerprint density at radius 1 is 1.77 bits per heavy atom. The van der Waals surface area contributed by atoms with Gasteiger partial charge in [-0.2, -0.15) is 5.26 Å². The number of amides is 1. The van der Waals surface area contributed by atoms with E-state index in [0.717, 1.165) is 11.3 Å². The molecule has 1 aromatic rings. The summed E-state index contributed by atoms with van der Waals surface area (Å²) in [5.74, 6) is -0.970. The van der Waals surface area contributed by atoms with Gasteiger partial charge in [-0.05, 0) is 11.4 Å². The van der Waals surface area contributed by atoms with E-state index >= 15 is 0 Å². The van der Waals surface area contributed by atoms with Gasteiger partial charge in [0.25, 0.3) is 5.91 Å². The molecule has 0 bridgehead atoms. The Morgan fingerprint density at radius 2 is 2.54 bits per heavy atom. The number of nitrogens with zero attached hydrogens (tertiary/aromatic N) is 1. The van der Waals surface area contributed by atoms with Gasteiger partial charge in [0.2, 0.25) is 0 Å². The fraction of sp³-hybridized carbons (Fsp3) is 0.250. The van der Waals surface area contributed by atoms with Crippen LogP contribution in [-0.2, 0) is 0 Å². The van der Waals surface area contributed by atoms with Gasteiger partial charge in [-0.3, -0.25) is 4.79 Å². The van der Waals surface area contributed by atoms with Crippen LogP contribution in [0.2, 0.25) is 0 Å². The molecule has 0 aliphatic carbocycles. The number of carbonyl (C=O) groups is 1. The van der Waals surface area contributed by atoms with Crippen LogP contribution >= 0.6 is 11.3 Å². The third kappa shape index (κ3) is 2.53. The Bertz CT molecular complexity index is 342. The summed E-state index contributed by atoms with van der Waals surface area (Å²) in [6.07, 6.45) is 0.235. The predicted molar refractivity (Wildman–Crippen MR) is 46.8 cm³/mol. The summed E-state index contributed by atoms with van der Waals surface area (Å²) in [5.41, 5.74) is 0. The van der Waals surface area contributed by atoms with Gasteiger partial charge in [0.05, 0.1) is 12.5 Å². The van der Waals surface area contributed by atoms with Crippen LogP contribution in [0.15, 0.2) is 11.4 Å². The summed E-state index contributed by atoms with van der Waals surface area (Å²) in [6, 6.07) is 3.12. The average Bonchev–Trinajstić information content (AvgIpc) is 2.52. The highest BCUT2D eigenvalue weighted by Crippen LogP contribution is 2.13. The number of thiophene rings is 1. The maximum Gasteiger partial charge on any atom is 0.264 e. The zero-order chi connectivity index (χ0) is 9.68. The number of carbonyl (C=O) groups excluding carboxylic acids is 1. The van der Waals surface area contributed by atoms with E-state index in [0.29, 0.717) is 0 Å². The number of hydrogen-bond acceptors (Lipinski definition) is 3. The van der Waals surface area contributed by atoms with Crippen molar-refractivity contribution in [2.75, 3.05) is 6.54 Å². The van der Waals surface area contributed by atoms with Gasteiger partial charge in [0, 0.05) is 6.54 Å². The highest BCUT2D eigenvalue weighted by Gasteiger charge is 2.11. The fourth-order valence-corrected chi connectivity index (χ4v) is 1.45. The average molecular weight is 198 g/mol. The second-order valence-corrected chi connectivity index (χ2v) is 3.18. The van der Waals surface area contributed by atoms with Crippen molar-refractivity contribution in [2.24, 2.45) is 0 Å². The molecule has 5 heteroatoms. The zero-order valence-corrected chi connectivity index (χ0v) is 7.53. The van der Waals surface area contributed by atoms with Gasteiger partial charge in [0.15, 0.2) is 0 Å². The van der Waals surface area contributed by atoms with Crippen molar-refractivity contribution < 1.29 is 9.18 Å². The zero-order valence-electron chi connectivity index (χ0n) is 6.71. The summed E-state index contributed by atoms with van der Waals surface area (Å²) in [4.78, 5) is 11.2. The third-order valence-corrected chi connectivity index (χ3v) is 2.23. The molecule has 1 aromatic heterocycles. The lowest BCUT2D eigenvalue weighted by Crippen LogP contribution is -2.23. The standard InChI is InChI=1S/C8H7FN2OS/c9-6-2-5-13-7(6)8(12)11-4-1-3-10/h2,5H,1,4H2,(H,11,12). The molecular weight excluding hydrogens is 191 g/mol. The molecule has 0 atom stereocenters. The molecule has 1 amide bonds. The molecule has 0 aromatic carbocycles. The fourth-order valence-electron chi connectivity index (χ4n) is 0.768. The summed E-state index contributed by atoms with van der Waals surface area (Å²) >= 11 is 1.05. The highest BCUT2D eigenvalue weighted by molar-refractivity contribution is 7.12. The van der Waals surface area contributed by atoms with Crippen LogP contribution in [0.4, 0.5) is 4.39 Å². The second kappa shape index (κ2) is 4.58. The van der Waals surface area contributed by atoms with Gasteiger partial charge < -0.3 is 5.32 Å². The molecule has 0 aliphatic heterocycles. The van der Waals surface area contributed by atoms with E-state index in [1.54, 1.807) is 0 Å². The number of hydrogen-bond donors (Lipinski definition) is 1. The Morgan fingerprint density at radius 3 is 3.08 bits per heavy atom. The van der Waals surface area contributed by atoms with E-state index in [-0.39, 0.29) is 17.8 Å². The van der Waals surface area contributed by atoms with Crippen molar-refractivity contribution in [3.05, 3.63) is 22.1 Å². The lowest BCUT2D eigenvalue weighted by molar-refractivity contribution is 0.0955. The van der Waals surface area contributed by atoms with Crippen LogP contribution in [0.25, 0.3) is 0 Å². The molecule has 0 aliphatic rings. The minimum absolute atomic E-state index is 0.0675. The SMILES string of the molecule is N#CCCNC(=O)c1sccc1F. The molecule has 1 heterocycles. The largest absolute Gasteiger partial charge is 0.350 e. The predicted octanol–water partition coefficient (Wildman–Crippen LogP) is 1.53. The summed E-state index contributed by atoms with van der Waals surface area (Å²) in [6.45, 7) is 0.257. The molecule has 0 radical (unpaired) electrons. The van der Waals surface area contributed by atoms with Gasteiger partial charge >= 0.3 is 0 Å². The van der Waals surface area contributed by atoms with Crippen molar-refractivity contribution in [3.63, 3.8) is 0 Å². The maximum atomic E-state index is 12.8. The normalized spacial score (nSPS) is 9.23. The monoisotopic (exact) mass is 198 g/mol. The summed E-state index contributed by atoms with van der Waals surface area (Å²) in [5, 5.41) is 12.1. The minimum Gasteiger partial charge on any atom is -0.350 e. The molecule has 0 saturated heterocycles. The minimum atomic E-state index is -0.514. The molecule has 68 valence electrons. The number of nitrogens with one attached hydrogen (secondary N) is 1. The van der Waals surface area contributed by atoms with Crippen LogP contribution in [0.3, 0.4) is 0 Å². The Hall–Kier alpha value is -1.41. The molecular formula is C8H7FN2OS. The summed E-state index contributed by atoms with van der Waals surface area (Å²) in [7, 11) is 0. The van der Waals surface area contributed by atoms with Crippen molar-refractivity contribution in [3.8, 4) is 6.07 Å². The van der Waals surface area contributed by atoms with Gasteiger partial charge in [-0.15, -0.1) is 11.3 Å². The van der Waals surface area contributed by atoms with Crippen molar-refractivity contribution in [1.82, 2.24) is 5.32 Å². The molecule has 3 nitrogen and oxygen atoms in total. The van der Waals surface area contributed by atoms with Crippen molar-refractivity contribution in [1.29, 1.82) is 5.26 Å². The molecule has 1 rings (SSSR count). The van der Waals surface area contributed by atoms with Crippen LogP contribution in [0.5, 0.6) is 0 Å². The second-order valence-electron chi connectivity index (χ2n) is 2.26. The number of halogens is 1. The van der Waals surface area contributed by atoms with E-state index in [1.165, 1.54) is 11.4 Å². The first-order valence-corrected chi connectivity index (χ1v) is 4.52.